The number of carbonyl (C=O) groups excluding carboxylic acids is 2. The Balaban J connectivity index is 2.96. The van der Waals surface area contributed by atoms with Crippen LogP contribution in [0.3, 0.4) is 0 Å². The highest BCUT2D eigenvalue weighted by Crippen LogP contribution is 2.33. The first-order valence-corrected chi connectivity index (χ1v) is 6.48. The van der Waals surface area contributed by atoms with Crippen molar-refractivity contribution in [1.82, 2.24) is 0 Å². The molecule has 1 heterocycles. The van der Waals surface area contributed by atoms with Gasteiger partial charge in [0.05, 0.1) is 6.61 Å². The number of hydrogen-bond acceptors (Lipinski definition) is 8. The van der Waals surface area contributed by atoms with Crippen molar-refractivity contribution in [3.05, 3.63) is 0 Å². The lowest BCUT2D eigenvalue weighted by molar-refractivity contribution is -0.196. The Labute approximate surface area is 123 Å². The maximum absolute atomic E-state index is 11.2. The normalized spacial score (nSPS) is 26.9. The van der Waals surface area contributed by atoms with Gasteiger partial charge in [-0.25, -0.2) is 0 Å². The molecule has 1 aliphatic rings. The summed E-state index contributed by atoms with van der Waals surface area (Å²) >= 11 is 0. The van der Waals surface area contributed by atoms with Crippen LogP contribution in [0.25, 0.3) is 0 Å². The molecule has 0 aliphatic carbocycles. The molecule has 0 amide bonds. The van der Waals surface area contributed by atoms with Crippen LogP contribution in [-0.4, -0.2) is 63.7 Å². The molecule has 0 N–H and O–H groups in total. The third-order valence-corrected chi connectivity index (χ3v) is 2.91. The van der Waals surface area contributed by atoms with E-state index in [9.17, 15) is 9.59 Å². The molecule has 8 nitrogen and oxygen atoms in total. The summed E-state index contributed by atoms with van der Waals surface area (Å²) in [4.78, 5) is 21.9. The topological polar surface area (TPSA) is 89.5 Å². The van der Waals surface area contributed by atoms with Crippen LogP contribution < -0.4 is 0 Å². The number of ether oxygens (including phenoxy) is 6. The lowest BCUT2D eigenvalue weighted by atomic mass is 10.1. The summed E-state index contributed by atoms with van der Waals surface area (Å²) in [5.74, 6) is -1.52. The van der Waals surface area contributed by atoms with E-state index in [1.54, 1.807) is 13.8 Å². The van der Waals surface area contributed by atoms with Gasteiger partial charge in [-0.2, -0.15) is 0 Å². The molecule has 0 aromatic carbocycles. The SMILES string of the molecule is COC[C@@H](OC)[C@@H](OC=O)[C@@H]1OC(C)(C)O[C@H]1OC(C)=O. The predicted octanol–water partition coefficient (Wildman–Crippen LogP) is 0.230. The first-order chi connectivity index (χ1) is 9.84. The van der Waals surface area contributed by atoms with E-state index >= 15 is 0 Å². The van der Waals surface area contributed by atoms with E-state index < -0.39 is 36.4 Å². The van der Waals surface area contributed by atoms with Gasteiger partial charge in [-0.1, -0.05) is 0 Å². The van der Waals surface area contributed by atoms with Crippen molar-refractivity contribution in [2.24, 2.45) is 0 Å². The van der Waals surface area contributed by atoms with Crippen molar-refractivity contribution in [3.63, 3.8) is 0 Å². The average Bonchev–Trinajstić information content (AvgIpc) is 2.67. The highest BCUT2D eigenvalue weighted by Gasteiger charge is 2.50. The van der Waals surface area contributed by atoms with Crippen molar-refractivity contribution in [1.29, 1.82) is 0 Å². The highest BCUT2D eigenvalue weighted by molar-refractivity contribution is 5.66. The molecule has 1 fully saturated rings. The Morgan fingerprint density at radius 3 is 2.48 bits per heavy atom. The van der Waals surface area contributed by atoms with Gasteiger partial charge in [0, 0.05) is 21.1 Å². The molecule has 1 aliphatic heterocycles. The molecule has 0 radical (unpaired) electrons. The second-order valence-corrected chi connectivity index (χ2v) is 5.00. The summed E-state index contributed by atoms with van der Waals surface area (Å²) in [6.45, 7) is 5.04. The minimum Gasteiger partial charge on any atom is -0.459 e. The quantitative estimate of drug-likeness (QED) is 0.465. The molecule has 1 saturated heterocycles. The smallest absolute Gasteiger partial charge is 0.305 e. The Morgan fingerprint density at radius 2 is 2.00 bits per heavy atom. The van der Waals surface area contributed by atoms with Crippen molar-refractivity contribution < 1.29 is 38.0 Å². The van der Waals surface area contributed by atoms with Crippen molar-refractivity contribution in [2.75, 3.05) is 20.8 Å². The van der Waals surface area contributed by atoms with Gasteiger partial charge >= 0.3 is 5.97 Å². The first-order valence-electron chi connectivity index (χ1n) is 6.48. The summed E-state index contributed by atoms with van der Waals surface area (Å²) in [5.41, 5.74) is 0. The lowest BCUT2D eigenvalue weighted by Crippen LogP contribution is -2.48. The summed E-state index contributed by atoms with van der Waals surface area (Å²) in [6, 6.07) is 0. The number of rotatable bonds is 8. The molecule has 0 aromatic heterocycles. The predicted molar refractivity (Wildman–Crippen MR) is 69.2 cm³/mol. The van der Waals surface area contributed by atoms with E-state index in [1.165, 1.54) is 21.1 Å². The zero-order valence-corrected chi connectivity index (χ0v) is 12.9. The molecule has 0 spiro atoms. The summed E-state index contributed by atoms with van der Waals surface area (Å²) in [5, 5.41) is 0. The Hall–Kier alpha value is -1.22. The van der Waals surface area contributed by atoms with Gasteiger partial charge < -0.3 is 28.4 Å². The fourth-order valence-electron chi connectivity index (χ4n) is 2.14. The van der Waals surface area contributed by atoms with Gasteiger partial charge in [-0.05, 0) is 13.8 Å². The molecular weight excluding hydrogens is 284 g/mol. The fraction of sp³-hybridized carbons (Fsp3) is 0.846. The molecule has 0 unspecified atom stereocenters. The maximum Gasteiger partial charge on any atom is 0.305 e. The summed E-state index contributed by atoms with van der Waals surface area (Å²) in [7, 11) is 2.94. The van der Waals surface area contributed by atoms with Crippen LogP contribution in [-0.2, 0) is 38.0 Å². The highest BCUT2D eigenvalue weighted by atomic mass is 16.8. The van der Waals surface area contributed by atoms with Crippen LogP contribution in [0.5, 0.6) is 0 Å². The van der Waals surface area contributed by atoms with Crippen LogP contribution in [0.15, 0.2) is 0 Å². The zero-order chi connectivity index (χ0) is 16.0. The minimum absolute atomic E-state index is 0.169. The number of esters is 1. The largest absolute Gasteiger partial charge is 0.459 e. The standard InChI is InChI=1S/C13H22O8/c1-8(15)19-12-11(20-13(2,3)21-12)10(18-7-14)9(17-5)6-16-4/h7,9-12H,6H2,1-5H3/t9-,10-,11+,12-/m1/s1. The molecule has 0 bridgehead atoms. The molecule has 122 valence electrons. The fourth-order valence-corrected chi connectivity index (χ4v) is 2.14. The third-order valence-electron chi connectivity index (χ3n) is 2.91. The van der Waals surface area contributed by atoms with E-state index in [1.807, 2.05) is 0 Å². The van der Waals surface area contributed by atoms with Crippen LogP contribution in [0.2, 0.25) is 0 Å². The molecule has 0 saturated carbocycles. The van der Waals surface area contributed by atoms with E-state index in [2.05, 4.69) is 0 Å². The number of methoxy groups -OCH3 is 2. The Kier molecular flexibility index (Phi) is 6.53. The molecule has 8 heteroatoms. The van der Waals surface area contributed by atoms with E-state index in [4.69, 9.17) is 28.4 Å². The van der Waals surface area contributed by atoms with Gasteiger partial charge in [0.15, 0.2) is 18.0 Å². The van der Waals surface area contributed by atoms with Gasteiger partial charge in [0.25, 0.3) is 6.47 Å². The minimum atomic E-state index is -1.00. The molecule has 21 heavy (non-hydrogen) atoms. The molecule has 0 aromatic rings. The van der Waals surface area contributed by atoms with E-state index in [-0.39, 0.29) is 13.1 Å². The average molecular weight is 306 g/mol. The molecule has 1 rings (SSSR count). The van der Waals surface area contributed by atoms with Gasteiger partial charge in [0.1, 0.15) is 6.10 Å². The Bertz CT molecular complexity index is 356. The van der Waals surface area contributed by atoms with Crippen LogP contribution in [0.4, 0.5) is 0 Å². The summed E-state index contributed by atoms with van der Waals surface area (Å²) < 4.78 is 31.6. The molecule has 4 atom stereocenters. The van der Waals surface area contributed by atoms with E-state index in [0.717, 1.165) is 0 Å². The second kappa shape index (κ2) is 7.69. The number of hydrogen-bond donors (Lipinski definition) is 0. The maximum atomic E-state index is 11.2. The van der Waals surface area contributed by atoms with Crippen LogP contribution >= 0.6 is 0 Å². The van der Waals surface area contributed by atoms with Crippen LogP contribution in [0.1, 0.15) is 20.8 Å². The second-order valence-electron chi connectivity index (χ2n) is 5.00. The summed E-state index contributed by atoms with van der Waals surface area (Å²) in [6.07, 6.45) is -3.27. The van der Waals surface area contributed by atoms with Crippen molar-refractivity contribution in [3.8, 4) is 0 Å². The lowest BCUT2D eigenvalue weighted by Gasteiger charge is -2.29. The zero-order valence-electron chi connectivity index (χ0n) is 12.9. The van der Waals surface area contributed by atoms with Crippen LogP contribution in [0, 0.1) is 0 Å². The van der Waals surface area contributed by atoms with Crippen molar-refractivity contribution >= 4 is 12.4 Å². The third kappa shape index (κ3) is 4.92. The van der Waals surface area contributed by atoms with Crippen molar-refractivity contribution in [2.45, 2.75) is 51.2 Å². The first kappa shape index (κ1) is 17.8. The van der Waals surface area contributed by atoms with Gasteiger partial charge in [-0.15, -0.1) is 0 Å². The monoisotopic (exact) mass is 306 g/mol. The Morgan fingerprint density at radius 1 is 1.33 bits per heavy atom. The molecular formula is C13H22O8. The van der Waals surface area contributed by atoms with Gasteiger partial charge in [-0.3, -0.25) is 9.59 Å². The van der Waals surface area contributed by atoms with E-state index in [0.29, 0.717) is 0 Å². The van der Waals surface area contributed by atoms with Gasteiger partial charge in [0.2, 0.25) is 6.29 Å². The number of carbonyl (C=O) groups is 2.